The molecule has 0 atom stereocenters. The van der Waals surface area contributed by atoms with Crippen LogP contribution in [0.2, 0.25) is 10.0 Å². The number of halogens is 2. The van der Waals surface area contributed by atoms with Gasteiger partial charge in [0.05, 0.1) is 23.3 Å². The first-order valence-corrected chi connectivity index (χ1v) is 6.17. The Hall–Kier alpha value is -1.19. The van der Waals surface area contributed by atoms with Crippen molar-refractivity contribution in [2.24, 2.45) is 0 Å². The molecule has 0 heterocycles. The van der Waals surface area contributed by atoms with Crippen LogP contribution in [0.1, 0.15) is 13.3 Å². The molecule has 0 fully saturated rings. The van der Waals surface area contributed by atoms with E-state index in [1.54, 1.807) is 25.1 Å². The Morgan fingerprint density at radius 2 is 2.00 bits per heavy atom. The topological polar surface area (TPSA) is 35.5 Å². The summed E-state index contributed by atoms with van der Waals surface area (Å²) in [7, 11) is 0. The summed E-state index contributed by atoms with van der Waals surface area (Å²) in [5, 5.41) is 0.933. The molecule has 0 aliphatic rings. The molecule has 5 heteroatoms. The van der Waals surface area contributed by atoms with Crippen LogP contribution in [0, 0.1) is 0 Å². The largest absolute Gasteiger partial charge is 0.493 e. The van der Waals surface area contributed by atoms with Gasteiger partial charge in [-0.25, -0.2) is 4.79 Å². The lowest BCUT2D eigenvalue weighted by Crippen LogP contribution is -2.09. The quantitative estimate of drug-likeness (QED) is 0.453. The predicted octanol–water partition coefficient (Wildman–Crippen LogP) is 3.88. The first-order valence-electron chi connectivity index (χ1n) is 5.41. The fraction of sp³-hybridized carbons (Fsp3) is 0.308. The van der Waals surface area contributed by atoms with Crippen molar-refractivity contribution in [3.8, 4) is 5.75 Å². The fourth-order valence-electron chi connectivity index (χ4n) is 1.10. The molecule has 0 saturated carbocycles. The lowest BCUT2D eigenvalue weighted by Gasteiger charge is -2.07. The zero-order chi connectivity index (χ0) is 13.5. The maximum atomic E-state index is 11.1. The summed E-state index contributed by atoms with van der Waals surface area (Å²) in [6, 6.07) is 5.04. The number of carbonyl (C=O) groups is 1. The lowest BCUT2D eigenvalue weighted by atomic mass is 10.3. The molecule has 1 aromatic carbocycles. The van der Waals surface area contributed by atoms with Gasteiger partial charge in [0.25, 0.3) is 0 Å². The number of rotatable bonds is 6. The van der Waals surface area contributed by atoms with Crippen LogP contribution in [0.5, 0.6) is 5.75 Å². The van der Waals surface area contributed by atoms with Gasteiger partial charge < -0.3 is 9.47 Å². The van der Waals surface area contributed by atoms with Crippen LogP contribution >= 0.6 is 23.2 Å². The molecule has 0 radical (unpaired) electrons. The summed E-state index contributed by atoms with van der Waals surface area (Å²) in [4.78, 5) is 11.1. The normalized spacial score (nSPS) is 9.94. The van der Waals surface area contributed by atoms with Crippen molar-refractivity contribution in [2.75, 3.05) is 13.2 Å². The lowest BCUT2D eigenvalue weighted by molar-refractivity contribution is -0.139. The second-order valence-corrected chi connectivity index (χ2v) is 4.51. The monoisotopic (exact) mass is 288 g/mol. The van der Waals surface area contributed by atoms with Gasteiger partial charge in [-0.05, 0) is 19.1 Å². The number of hydrogen-bond acceptors (Lipinski definition) is 3. The van der Waals surface area contributed by atoms with Crippen molar-refractivity contribution in [1.82, 2.24) is 0 Å². The molecule has 1 aromatic rings. The summed E-state index contributed by atoms with van der Waals surface area (Å²) in [5.74, 6) is 0.250. The van der Waals surface area contributed by atoms with Crippen molar-refractivity contribution >= 4 is 29.2 Å². The van der Waals surface area contributed by atoms with Crippen molar-refractivity contribution in [2.45, 2.75) is 13.3 Å². The molecular formula is C13H14Cl2O3. The zero-order valence-electron chi connectivity index (χ0n) is 10.0. The molecule has 3 nitrogen and oxygen atoms in total. The smallest absolute Gasteiger partial charge is 0.333 e. The molecule has 98 valence electrons. The van der Waals surface area contributed by atoms with Crippen LogP contribution in [-0.4, -0.2) is 19.2 Å². The van der Waals surface area contributed by atoms with E-state index in [1.807, 2.05) is 0 Å². The number of hydrogen-bond donors (Lipinski definition) is 0. The van der Waals surface area contributed by atoms with E-state index in [4.69, 9.17) is 32.7 Å². The van der Waals surface area contributed by atoms with Gasteiger partial charge in [0.1, 0.15) is 5.75 Å². The van der Waals surface area contributed by atoms with Crippen molar-refractivity contribution in [3.05, 3.63) is 40.4 Å². The van der Waals surface area contributed by atoms with E-state index >= 15 is 0 Å². The summed E-state index contributed by atoms with van der Waals surface area (Å²) in [6.07, 6.45) is 0.596. The summed E-state index contributed by atoms with van der Waals surface area (Å²) < 4.78 is 10.3. The minimum absolute atomic E-state index is 0.299. The van der Waals surface area contributed by atoms with Crippen LogP contribution in [0.4, 0.5) is 0 Å². The van der Waals surface area contributed by atoms with Crippen LogP contribution in [0.3, 0.4) is 0 Å². The van der Waals surface area contributed by atoms with Crippen LogP contribution in [-0.2, 0) is 9.53 Å². The SMILES string of the molecule is C=C(C)C(=O)OCCCOc1ccc(Cl)c(Cl)c1. The van der Waals surface area contributed by atoms with E-state index in [2.05, 4.69) is 6.58 Å². The molecule has 0 amide bonds. The molecular weight excluding hydrogens is 275 g/mol. The molecule has 0 saturated heterocycles. The summed E-state index contributed by atoms with van der Waals surface area (Å²) in [5.41, 5.74) is 0.389. The highest BCUT2D eigenvalue weighted by molar-refractivity contribution is 6.42. The molecule has 0 N–H and O–H groups in total. The number of benzene rings is 1. The molecule has 18 heavy (non-hydrogen) atoms. The molecule has 1 rings (SSSR count). The van der Waals surface area contributed by atoms with Crippen LogP contribution in [0.15, 0.2) is 30.4 Å². The van der Waals surface area contributed by atoms with Crippen molar-refractivity contribution < 1.29 is 14.3 Å². The zero-order valence-corrected chi connectivity index (χ0v) is 11.6. The van der Waals surface area contributed by atoms with E-state index < -0.39 is 0 Å². The second-order valence-electron chi connectivity index (χ2n) is 3.69. The Morgan fingerprint density at radius 1 is 1.28 bits per heavy atom. The second kappa shape index (κ2) is 7.29. The highest BCUT2D eigenvalue weighted by atomic mass is 35.5. The van der Waals surface area contributed by atoms with E-state index in [1.165, 1.54) is 0 Å². The highest BCUT2D eigenvalue weighted by Gasteiger charge is 2.03. The van der Waals surface area contributed by atoms with Gasteiger partial charge in [0, 0.05) is 18.1 Å². The summed E-state index contributed by atoms with van der Waals surface area (Å²) in [6.45, 7) is 5.82. The fourth-order valence-corrected chi connectivity index (χ4v) is 1.39. The first-order chi connectivity index (χ1) is 8.50. The minimum Gasteiger partial charge on any atom is -0.493 e. The van der Waals surface area contributed by atoms with Crippen LogP contribution in [0.25, 0.3) is 0 Å². The molecule has 0 aromatic heterocycles. The van der Waals surface area contributed by atoms with Gasteiger partial charge in [0.2, 0.25) is 0 Å². The van der Waals surface area contributed by atoms with Gasteiger partial charge in [0.15, 0.2) is 0 Å². The Morgan fingerprint density at radius 3 is 2.61 bits per heavy atom. The third-order valence-corrected chi connectivity index (χ3v) is 2.77. The van der Waals surface area contributed by atoms with Crippen LogP contribution < -0.4 is 4.74 Å². The van der Waals surface area contributed by atoms with Gasteiger partial charge in [-0.15, -0.1) is 0 Å². The molecule has 0 spiro atoms. The Labute approximate surface area is 116 Å². The van der Waals surface area contributed by atoms with Gasteiger partial charge in [-0.3, -0.25) is 0 Å². The Balaban J connectivity index is 2.24. The minimum atomic E-state index is -0.385. The maximum Gasteiger partial charge on any atom is 0.333 e. The van der Waals surface area contributed by atoms with E-state index in [0.29, 0.717) is 41.0 Å². The van der Waals surface area contributed by atoms with Gasteiger partial charge in [-0.2, -0.15) is 0 Å². The van der Waals surface area contributed by atoms with Gasteiger partial charge in [-0.1, -0.05) is 29.8 Å². The number of ether oxygens (including phenoxy) is 2. The van der Waals surface area contributed by atoms with Gasteiger partial charge >= 0.3 is 5.97 Å². The molecule has 0 unspecified atom stereocenters. The predicted molar refractivity (Wildman–Crippen MR) is 72.3 cm³/mol. The first kappa shape index (κ1) is 14.9. The van der Waals surface area contributed by atoms with E-state index in [-0.39, 0.29) is 5.97 Å². The Kier molecular flexibility index (Phi) is 6.02. The third kappa shape index (κ3) is 4.98. The number of esters is 1. The molecule has 0 bridgehead atoms. The standard InChI is InChI=1S/C13H14Cl2O3/c1-9(2)13(16)18-7-3-6-17-10-4-5-11(14)12(15)8-10/h4-5,8H,1,3,6-7H2,2H3. The molecule has 0 aliphatic carbocycles. The molecule has 0 aliphatic heterocycles. The average Bonchev–Trinajstić information content (AvgIpc) is 2.32. The third-order valence-electron chi connectivity index (χ3n) is 2.03. The summed E-state index contributed by atoms with van der Waals surface area (Å²) >= 11 is 11.6. The average molecular weight is 289 g/mol. The highest BCUT2D eigenvalue weighted by Crippen LogP contribution is 2.26. The van der Waals surface area contributed by atoms with Crippen molar-refractivity contribution in [3.63, 3.8) is 0 Å². The van der Waals surface area contributed by atoms with E-state index in [9.17, 15) is 4.79 Å². The van der Waals surface area contributed by atoms with E-state index in [0.717, 1.165) is 0 Å². The maximum absolute atomic E-state index is 11.1. The van der Waals surface area contributed by atoms with Crippen molar-refractivity contribution in [1.29, 1.82) is 0 Å². The Bertz CT molecular complexity index is 444. The number of carbonyl (C=O) groups excluding carboxylic acids is 1.